The topological polar surface area (TPSA) is 21.3 Å². The standard InChI is InChI=1S/C17H27NO/c1-4-18-14(3)16-7-5-6-8-17(16)19-15-11-9-13(2)10-12-15/h5-8,13-15,18H,4,9-12H2,1-3H3. The van der Waals surface area contributed by atoms with Crippen LogP contribution in [0.4, 0.5) is 0 Å². The lowest BCUT2D eigenvalue weighted by molar-refractivity contribution is 0.133. The fourth-order valence-electron chi connectivity index (χ4n) is 2.89. The third-order valence-electron chi connectivity index (χ3n) is 4.15. The quantitative estimate of drug-likeness (QED) is 0.852. The van der Waals surface area contributed by atoms with Crippen LogP contribution in [0.25, 0.3) is 0 Å². The molecule has 1 aliphatic carbocycles. The molecule has 0 heterocycles. The highest BCUT2D eigenvalue weighted by molar-refractivity contribution is 5.35. The summed E-state index contributed by atoms with van der Waals surface area (Å²) < 4.78 is 6.26. The van der Waals surface area contributed by atoms with Gasteiger partial charge in [0, 0.05) is 11.6 Å². The van der Waals surface area contributed by atoms with Gasteiger partial charge in [0.15, 0.2) is 0 Å². The van der Waals surface area contributed by atoms with Gasteiger partial charge in [-0.25, -0.2) is 0 Å². The van der Waals surface area contributed by atoms with Gasteiger partial charge in [0.25, 0.3) is 0 Å². The van der Waals surface area contributed by atoms with Crippen LogP contribution in [0, 0.1) is 5.92 Å². The van der Waals surface area contributed by atoms with Crippen LogP contribution in [0.3, 0.4) is 0 Å². The summed E-state index contributed by atoms with van der Waals surface area (Å²) in [6.45, 7) is 7.67. The van der Waals surface area contributed by atoms with E-state index in [1.165, 1.54) is 31.2 Å². The molecule has 1 aromatic carbocycles. The van der Waals surface area contributed by atoms with Crippen LogP contribution in [0.15, 0.2) is 24.3 Å². The smallest absolute Gasteiger partial charge is 0.124 e. The Morgan fingerprint density at radius 3 is 2.58 bits per heavy atom. The lowest BCUT2D eigenvalue weighted by Gasteiger charge is -2.28. The molecule has 0 radical (unpaired) electrons. The molecule has 2 nitrogen and oxygen atoms in total. The molecule has 1 fully saturated rings. The molecule has 1 aromatic rings. The summed E-state index contributed by atoms with van der Waals surface area (Å²) in [6, 6.07) is 8.81. The fraction of sp³-hybridized carbons (Fsp3) is 0.647. The zero-order chi connectivity index (χ0) is 13.7. The van der Waals surface area contributed by atoms with Crippen LogP contribution in [0.5, 0.6) is 5.75 Å². The summed E-state index contributed by atoms with van der Waals surface area (Å²) in [5.41, 5.74) is 1.28. The van der Waals surface area contributed by atoms with Gasteiger partial charge in [0.2, 0.25) is 0 Å². The second-order valence-electron chi connectivity index (χ2n) is 5.82. The predicted molar refractivity (Wildman–Crippen MR) is 80.6 cm³/mol. The summed E-state index contributed by atoms with van der Waals surface area (Å²) >= 11 is 0. The van der Waals surface area contributed by atoms with Crippen LogP contribution in [0.2, 0.25) is 0 Å². The minimum atomic E-state index is 0.351. The molecule has 0 bridgehead atoms. The number of benzene rings is 1. The Bertz CT molecular complexity index is 383. The van der Waals surface area contributed by atoms with Crippen LogP contribution in [-0.2, 0) is 0 Å². The van der Waals surface area contributed by atoms with E-state index in [1.807, 2.05) is 0 Å². The van der Waals surface area contributed by atoms with Gasteiger partial charge >= 0.3 is 0 Å². The van der Waals surface area contributed by atoms with Crippen molar-refractivity contribution in [2.45, 2.75) is 58.6 Å². The van der Waals surface area contributed by atoms with Crippen LogP contribution in [-0.4, -0.2) is 12.6 Å². The molecule has 0 saturated heterocycles. The molecule has 106 valence electrons. The highest BCUT2D eigenvalue weighted by Gasteiger charge is 2.21. The van der Waals surface area contributed by atoms with Gasteiger partial charge in [-0.2, -0.15) is 0 Å². The SMILES string of the molecule is CCNC(C)c1ccccc1OC1CCC(C)CC1. The second-order valence-corrected chi connectivity index (χ2v) is 5.82. The zero-order valence-electron chi connectivity index (χ0n) is 12.5. The first-order valence-electron chi connectivity index (χ1n) is 7.69. The van der Waals surface area contributed by atoms with Crippen molar-refractivity contribution in [1.29, 1.82) is 0 Å². The summed E-state index contributed by atoms with van der Waals surface area (Å²) in [7, 11) is 0. The Morgan fingerprint density at radius 2 is 1.89 bits per heavy atom. The molecule has 1 atom stereocenters. The highest BCUT2D eigenvalue weighted by Crippen LogP contribution is 2.30. The molecule has 19 heavy (non-hydrogen) atoms. The zero-order valence-corrected chi connectivity index (χ0v) is 12.5. The maximum absolute atomic E-state index is 6.26. The minimum Gasteiger partial charge on any atom is -0.490 e. The molecule has 1 unspecified atom stereocenters. The lowest BCUT2D eigenvalue weighted by Crippen LogP contribution is -2.25. The minimum absolute atomic E-state index is 0.351. The number of hydrogen-bond donors (Lipinski definition) is 1. The van der Waals surface area contributed by atoms with Crippen molar-refractivity contribution in [2.75, 3.05) is 6.54 Å². The third kappa shape index (κ3) is 3.97. The van der Waals surface area contributed by atoms with Crippen molar-refractivity contribution in [2.24, 2.45) is 5.92 Å². The number of para-hydroxylation sites is 1. The van der Waals surface area contributed by atoms with E-state index >= 15 is 0 Å². The molecule has 0 aliphatic heterocycles. The summed E-state index contributed by atoms with van der Waals surface area (Å²) in [5, 5.41) is 3.47. The van der Waals surface area contributed by atoms with Crippen molar-refractivity contribution in [1.82, 2.24) is 5.32 Å². The van der Waals surface area contributed by atoms with E-state index in [4.69, 9.17) is 4.74 Å². The van der Waals surface area contributed by atoms with Gasteiger partial charge in [-0.15, -0.1) is 0 Å². The van der Waals surface area contributed by atoms with E-state index in [1.54, 1.807) is 0 Å². The summed E-state index contributed by atoms with van der Waals surface area (Å²) in [4.78, 5) is 0. The molecular formula is C17H27NO. The predicted octanol–water partition coefficient (Wildman–Crippen LogP) is 4.31. The molecule has 1 N–H and O–H groups in total. The molecule has 2 heteroatoms. The van der Waals surface area contributed by atoms with E-state index in [9.17, 15) is 0 Å². The molecular weight excluding hydrogens is 234 g/mol. The highest BCUT2D eigenvalue weighted by atomic mass is 16.5. The van der Waals surface area contributed by atoms with Crippen LogP contribution in [0.1, 0.15) is 58.1 Å². The second kappa shape index (κ2) is 6.95. The van der Waals surface area contributed by atoms with Gasteiger partial charge in [-0.3, -0.25) is 0 Å². The average molecular weight is 261 g/mol. The maximum Gasteiger partial charge on any atom is 0.124 e. The molecule has 0 aromatic heterocycles. The van der Waals surface area contributed by atoms with E-state index in [0.717, 1.165) is 18.2 Å². The Hall–Kier alpha value is -1.02. The first-order chi connectivity index (χ1) is 9.20. The van der Waals surface area contributed by atoms with Crippen LogP contribution < -0.4 is 10.1 Å². The van der Waals surface area contributed by atoms with Crippen molar-refractivity contribution in [3.8, 4) is 5.75 Å². The lowest BCUT2D eigenvalue weighted by atomic mass is 9.89. The average Bonchev–Trinajstić information content (AvgIpc) is 2.42. The number of rotatable bonds is 5. The Kier molecular flexibility index (Phi) is 5.26. The maximum atomic E-state index is 6.26. The first kappa shape index (κ1) is 14.4. The van der Waals surface area contributed by atoms with Crippen molar-refractivity contribution in [3.05, 3.63) is 29.8 Å². The molecule has 2 rings (SSSR count). The van der Waals surface area contributed by atoms with Crippen molar-refractivity contribution >= 4 is 0 Å². The van der Waals surface area contributed by atoms with Crippen molar-refractivity contribution < 1.29 is 4.74 Å². The monoisotopic (exact) mass is 261 g/mol. The van der Waals surface area contributed by atoms with Gasteiger partial charge < -0.3 is 10.1 Å². The molecule has 1 aliphatic rings. The number of hydrogen-bond acceptors (Lipinski definition) is 2. The van der Waals surface area contributed by atoms with Gasteiger partial charge in [-0.05, 0) is 51.1 Å². The Morgan fingerprint density at radius 1 is 1.21 bits per heavy atom. The van der Waals surface area contributed by atoms with E-state index in [0.29, 0.717) is 12.1 Å². The van der Waals surface area contributed by atoms with E-state index in [2.05, 4.69) is 50.4 Å². The van der Waals surface area contributed by atoms with E-state index in [-0.39, 0.29) is 0 Å². The third-order valence-corrected chi connectivity index (χ3v) is 4.15. The van der Waals surface area contributed by atoms with Gasteiger partial charge in [0.05, 0.1) is 6.10 Å². The number of ether oxygens (including phenoxy) is 1. The molecule has 0 amide bonds. The van der Waals surface area contributed by atoms with E-state index < -0.39 is 0 Å². The largest absolute Gasteiger partial charge is 0.490 e. The number of nitrogens with one attached hydrogen (secondary N) is 1. The van der Waals surface area contributed by atoms with Gasteiger partial charge in [-0.1, -0.05) is 32.0 Å². The molecule has 0 spiro atoms. The van der Waals surface area contributed by atoms with Crippen LogP contribution >= 0.6 is 0 Å². The van der Waals surface area contributed by atoms with Crippen molar-refractivity contribution in [3.63, 3.8) is 0 Å². The Balaban J connectivity index is 2.03. The summed E-state index contributed by atoms with van der Waals surface area (Å²) in [5.74, 6) is 1.94. The van der Waals surface area contributed by atoms with Gasteiger partial charge in [0.1, 0.15) is 5.75 Å². The fourth-order valence-corrected chi connectivity index (χ4v) is 2.89. The normalized spacial score (nSPS) is 25.0. The Labute approximate surface area is 117 Å². The molecule has 1 saturated carbocycles. The summed E-state index contributed by atoms with van der Waals surface area (Å²) in [6.07, 6.45) is 5.41. The first-order valence-corrected chi connectivity index (χ1v) is 7.69.